The smallest absolute Gasteiger partial charge is 0.311 e. The quantitative estimate of drug-likeness (QED) is 0.801. The minimum Gasteiger partial charge on any atom is -0.452 e. The molecule has 0 saturated heterocycles. The molecule has 0 heterocycles. The molecule has 0 fully saturated rings. The average molecular weight is 370 g/mol. The third kappa shape index (κ3) is 5.22. The first-order valence-electron chi connectivity index (χ1n) is 7.05. The number of hydrogen-bond acceptors (Lipinski definition) is 3. The van der Waals surface area contributed by atoms with Crippen LogP contribution in [0.5, 0.6) is 0 Å². The van der Waals surface area contributed by atoms with E-state index in [-0.39, 0.29) is 6.42 Å². The zero-order chi connectivity index (χ0) is 17.7. The number of carbonyl (C=O) groups is 2. The van der Waals surface area contributed by atoms with E-state index in [1.807, 2.05) is 0 Å². The summed E-state index contributed by atoms with van der Waals surface area (Å²) < 4.78 is 17.9. The molecule has 0 radical (unpaired) electrons. The van der Waals surface area contributed by atoms with Gasteiger partial charge in [0.05, 0.1) is 6.42 Å². The average Bonchev–Trinajstić information content (AvgIpc) is 2.52. The van der Waals surface area contributed by atoms with E-state index in [0.29, 0.717) is 21.3 Å². The maximum absolute atomic E-state index is 12.8. The van der Waals surface area contributed by atoms with Crippen LogP contribution in [0, 0.1) is 5.82 Å². The van der Waals surface area contributed by atoms with Crippen LogP contribution in [0.15, 0.2) is 42.5 Å². The third-order valence-electron chi connectivity index (χ3n) is 3.14. The number of ether oxygens (including phenoxy) is 1. The second-order valence-electron chi connectivity index (χ2n) is 5.04. The second kappa shape index (κ2) is 8.13. The summed E-state index contributed by atoms with van der Waals surface area (Å²) in [6.07, 6.45) is -1.09. The molecule has 2 aromatic rings. The SMILES string of the molecule is C[C@H](OC(=O)Cc1ccc(Cl)cc1Cl)C(=O)Nc1ccc(F)cc1. The Balaban J connectivity index is 1.90. The molecule has 0 spiro atoms. The lowest BCUT2D eigenvalue weighted by molar-refractivity contribution is -0.152. The van der Waals surface area contributed by atoms with E-state index in [1.165, 1.54) is 37.3 Å². The number of amides is 1. The molecule has 24 heavy (non-hydrogen) atoms. The van der Waals surface area contributed by atoms with Crippen LogP contribution in [-0.4, -0.2) is 18.0 Å². The molecule has 0 bridgehead atoms. The number of esters is 1. The highest BCUT2D eigenvalue weighted by molar-refractivity contribution is 6.35. The molecule has 1 N–H and O–H groups in total. The van der Waals surface area contributed by atoms with E-state index in [1.54, 1.807) is 12.1 Å². The summed E-state index contributed by atoms with van der Waals surface area (Å²) >= 11 is 11.8. The Morgan fingerprint density at radius 1 is 1.17 bits per heavy atom. The van der Waals surface area contributed by atoms with Gasteiger partial charge in [0.1, 0.15) is 5.82 Å². The Kier molecular flexibility index (Phi) is 6.17. The van der Waals surface area contributed by atoms with Crippen molar-refractivity contribution in [2.45, 2.75) is 19.4 Å². The van der Waals surface area contributed by atoms with Gasteiger partial charge in [-0.3, -0.25) is 9.59 Å². The van der Waals surface area contributed by atoms with Crippen molar-refractivity contribution in [1.82, 2.24) is 0 Å². The Labute approximate surface area is 148 Å². The first-order valence-corrected chi connectivity index (χ1v) is 7.80. The van der Waals surface area contributed by atoms with Gasteiger partial charge in [0.15, 0.2) is 6.10 Å². The molecule has 7 heteroatoms. The van der Waals surface area contributed by atoms with Crippen molar-refractivity contribution in [3.05, 3.63) is 63.9 Å². The predicted octanol–water partition coefficient (Wildman–Crippen LogP) is 4.25. The maximum atomic E-state index is 12.8. The largest absolute Gasteiger partial charge is 0.452 e. The van der Waals surface area contributed by atoms with Crippen molar-refractivity contribution in [2.75, 3.05) is 5.32 Å². The fourth-order valence-electron chi connectivity index (χ4n) is 1.89. The van der Waals surface area contributed by atoms with Gasteiger partial charge in [0, 0.05) is 15.7 Å². The highest BCUT2D eigenvalue weighted by Crippen LogP contribution is 2.21. The van der Waals surface area contributed by atoms with Crippen LogP contribution in [-0.2, 0) is 20.7 Å². The van der Waals surface area contributed by atoms with Crippen molar-refractivity contribution < 1.29 is 18.7 Å². The van der Waals surface area contributed by atoms with E-state index in [4.69, 9.17) is 27.9 Å². The van der Waals surface area contributed by atoms with Crippen LogP contribution < -0.4 is 5.32 Å². The van der Waals surface area contributed by atoms with Gasteiger partial charge in [-0.15, -0.1) is 0 Å². The van der Waals surface area contributed by atoms with Crippen LogP contribution >= 0.6 is 23.2 Å². The Bertz CT molecular complexity index is 750. The molecule has 0 aromatic heterocycles. The first kappa shape index (κ1) is 18.2. The second-order valence-corrected chi connectivity index (χ2v) is 5.88. The monoisotopic (exact) mass is 369 g/mol. The standard InChI is InChI=1S/C17H14Cl2FNO3/c1-10(17(23)21-14-6-4-13(20)5-7-14)24-16(22)8-11-2-3-12(18)9-15(11)19/h2-7,9-10H,8H2,1H3,(H,21,23)/t10-/m0/s1. The minimum atomic E-state index is -1.01. The molecule has 0 aliphatic heterocycles. The van der Waals surface area contributed by atoms with Gasteiger partial charge in [0.25, 0.3) is 5.91 Å². The molecule has 2 aromatic carbocycles. The minimum absolute atomic E-state index is 0.0792. The van der Waals surface area contributed by atoms with Crippen LogP contribution in [0.3, 0.4) is 0 Å². The molecule has 126 valence electrons. The first-order chi connectivity index (χ1) is 11.3. The van der Waals surface area contributed by atoms with Crippen LogP contribution in [0.25, 0.3) is 0 Å². The Morgan fingerprint density at radius 3 is 2.46 bits per heavy atom. The van der Waals surface area contributed by atoms with E-state index < -0.39 is 23.8 Å². The van der Waals surface area contributed by atoms with Gasteiger partial charge >= 0.3 is 5.97 Å². The molecule has 2 rings (SSSR count). The zero-order valence-corrected chi connectivity index (χ0v) is 14.2. The van der Waals surface area contributed by atoms with E-state index >= 15 is 0 Å². The fraction of sp³-hybridized carbons (Fsp3) is 0.176. The number of nitrogens with one attached hydrogen (secondary N) is 1. The number of rotatable bonds is 5. The van der Waals surface area contributed by atoms with E-state index in [2.05, 4.69) is 5.32 Å². The molecule has 4 nitrogen and oxygen atoms in total. The van der Waals surface area contributed by atoms with Crippen molar-refractivity contribution in [3.8, 4) is 0 Å². The van der Waals surface area contributed by atoms with Gasteiger partial charge < -0.3 is 10.1 Å². The van der Waals surface area contributed by atoms with Crippen molar-refractivity contribution >= 4 is 40.8 Å². The van der Waals surface area contributed by atoms with Crippen LogP contribution in [0.2, 0.25) is 10.0 Å². The number of carbonyl (C=O) groups excluding carboxylic acids is 2. The molecular weight excluding hydrogens is 356 g/mol. The van der Waals surface area contributed by atoms with Crippen LogP contribution in [0.4, 0.5) is 10.1 Å². The Morgan fingerprint density at radius 2 is 1.83 bits per heavy atom. The lowest BCUT2D eigenvalue weighted by Crippen LogP contribution is -2.30. The highest BCUT2D eigenvalue weighted by Gasteiger charge is 2.19. The molecule has 0 aliphatic rings. The van der Waals surface area contributed by atoms with Gasteiger partial charge in [-0.2, -0.15) is 0 Å². The molecule has 1 atom stereocenters. The predicted molar refractivity (Wildman–Crippen MR) is 90.7 cm³/mol. The summed E-state index contributed by atoms with van der Waals surface area (Å²) in [5.74, 6) is -1.52. The van der Waals surface area contributed by atoms with Gasteiger partial charge in [0.2, 0.25) is 0 Å². The fourth-order valence-corrected chi connectivity index (χ4v) is 2.37. The summed E-state index contributed by atoms with van der Waals surface area (Å²) in [7, 11) is 0. The van der Waals surface area contributed by atoms with Crippen LogP contribution in [0.1, 0.15) is 12.5 Å². The number of hydrogen-bond donors (Lipinski definition) is 1. The zero-order valence-electron chi connectivity index (χ0n) is 12.7. The number of anilines is 1. The van der Waals surface area contributed by atoms with Crippen molar-refractivity contribution in [3.63, 3.8) is 0 Å². The van der Waals surface area contributed by atoms with Crippen molar-refractivity contribution in [1.29, 1.82) is 0 Å². The highest BCUT2D eigenvalue weighted by atomic mass is 35.5. The number of benzene rings is 2. The van der Waals surface area contributed by atoms with Gasteiger partial charge in [-0.05, 0) is 48.9 Å². The maximum Gasteiger partial charge on any atom is 0.311 e. The molecule has 0 unspecified atom stereocenters. The lowest BCUT2D eigenvalue weighted by Gasteiger charge is -2.14. The summed E-state index contributed by atoms with van der Waals surface area (Å²) in [6.45, 7) is 1.44. The third-order valence-corrected chi connectivity index (χ3v) is 3.73. The Hall–Kier alpha value is -2.11. The van der Waals surface area contributed by atoms with E-state index in [9.17, 15) is 14.0 Å². The van der Waals surface area contributed by atoms with Gasteiger partial charge in [-0.1, -0.05) is 29.3 Å². The normalized spacial score (nSPS) is 11.7. The molecule has 1 amide bonds. The topological polar surface area (TPSA) is 55.4 Å². The summed E-state index contributed by atoms with van der Waals surface area (Å²) in [4.78, 5) is 23.9. The van der Waals surface area contributed by atoms with Gasteiger partial charge in [-0.25, -0.2) is 4.39 Å². The van der Waals surface area contributed by atoms with Crippen molar-refractivity contribution in [2.24, 2.45) is 0 Å². The summed E-state index contributed by atoms with van der Waals surface area (Å²) in [5.41, 5.74) is 0.960. The summed E-state index contributed by atoms with van der Waals surface area (Å²) in [6, 6.07) is 10.0. The number of halogens is 3. The molecular formula is C17H14Cl2FNO3. The molecule has 0 aliphatic carbocycles. The summed E-state index contributed by atoms with van der Waals surface area (Å²) in [5, 5.41) is 3.34. The van der Waals surface area contributed by atoms with E-state index in [0.717, 1.165) is 0 Å². The molecule has 0 saturated carbocycles. The lowest BCUT2D eigenvalue weighted by atomic mass is 10.1.